The second kappa shape index (κ2) is 6.29. The van der Waals surface area contributed by atoms with Crippen LogP contribution in [0.2, 0.25) is 5.02 Å². The van der Waals surface area contributed by atoms with Crippen molar-refractivity contribution in [1.29, 1.82) is 0 Å². The fourth-order valence-electron chi connectivity index (χ4n) is 2.75. The molecule has 1 aliphatic heterocycles. The number of hydrogen-bond donors (Lipinski definition) is 0. The minimum Gasteiger partial charge on any atom is -0.306 e. The molecule has 0 radical (unpaired) electrons. The van der Waals surface area contributed by atoms with Gasteiger partial charge in [0.05, 0.1) is 11.3 Å². The van der Waals surface area contributed by atoms with Gasteiger partial charge in [-0.25, -0.2) is 0 Å². The van der Waals surface area contributed by atoms with E-state index < -0.39 is 4.92 Å². The Morgan fingerprint density at radius 1 is 1.30 bits per heavy atom. The lowest BCUT2D eigenvalue weighted by molar-refractivity contribution is -0.384. The van der Waals surface area contributed by atoms with Gasteiger partial charge in [-0.3, -0.25) is 14.9 Å². The molecule has 23 heavy (non-hydrogen) atoms. The number of rotatable bonds is 3. The Morgan fingerprint density at radius 3 is 2.65 bits per heavy atom. The highest BCUT2D eigenvalue weighted by atomic mass is 79.9. The van der Waals surface area contributed by atoms with E-state index in [9.17, 15) is 14.9 Å². The van der Waals surface area contributed by atoms with Gasteiger partial charge in [-0.05, 0) is 35.7 Å². The van der Waals surface area contributed by atoms with Crippen LogP contribution in [0.3, 0.4) is 0 Å². The lowest BCUT2D eigenvalue weighted by atomic mass is 10.1. The van der Waals surface area contributed by atoms with Gasteiger partial charge in [-0.2, -0.15) is 0 Å². The Bertz CT molecular complexity index is 793. The van der Waals surface area contributed by atoms with E-state index in [0.717, 1.165) is 11.1 Å². The second-order valence-electron chi connectivity index (χ2n) is 5.29. The monoisotopic (exact) mass is 394 g/mol. The molecule has 0 bridgehead atoms. The van der Waals surface area contributed by atoms with Crippen molar-refractivity contribution in [2.45, 2.75) is 12.8 Å². The summed E-state index contributed by atoms with van der Waals surface area (Å²) in [6.07, 6.45) is 0.797. The highest BCUT2D eigenvalue weighted by Gasteiger charge is 2.32. The van der Waals surface area contributed by atoms with Gasteiger partial charge in [-0.1, -0.05) is 39.7 Å². The van der Waals surface area contributed by atoms with Crippen molar-refractivity contribution in [2.75, 3.05) is 11.4 Å². The van der Waals surface area contributed by atoms with E-state index in [1.807, 2.05) is 6.07 Å². The van der Waals surface area contributed by atoms with E-state index in [1.165, 1.54) is 11.0 Å². The fraction of sp³-hybridized carbons (Fsp3) is 0.188. The topological polar surface area (TPSA) is 63.5 Å². The van der Waals surface area contributed by atoms with Gasteiger partial charge in [0.15, 0.2) is 0 Å². The molecule has 5 nitrogen and oxygen atoms in total. The molecule has 0 spiro atoms. The number of anilines is 1. The Morgan fingerprint density at radius 2 is 2.00 bits per heavy atom. The van der Waals surface area contributed by atoms with E-state index >= 15 is 0 Å². The van der Waals surface area contributed by atoms with Gasteiger partial charge < -0.3 is 4.90 Å². The molecule has 1 amide bonds. The van der Waals surface area contributed by atoms with Crippen molar-refractivity contribution in [1.82, 2.24) is 0 Å². The summed E-state index contributed by atoms with van der Waals surface area (Å²) in [5.41, 5.74) is 2.01. The summed E-state index contributed by atoms with van der Waals surface area (Å²) in [7, 11) is 0. The molecule has 0 unspecified atom stereocenters. The number of halogens is 2. The summed E-state index contributed by atoms with van der Waals surface area (Å²) in [4.78, 5) is 25.0. The van der Waals surface area contributed by atoms with E-state index in [1.54, 1.807) is 24.3 Å². The van der Waals surface area contributed by atoms with Crippen LogP contribution in [0.1, 0.15) is 11.1 Å². The quantitative estimate of drug-likeness (QED) is 0.579. The Kier molecular flexibility index (Phi) is 4.37. The van der Waals surface area contributed by atoms with Crippen LogP contribution in [-0.2, 0) is 17.6 Å². The molecular weight excluding hydrogens is 384 g/mol. The molecule has 0 atom stereocenters. The highest BCUT2D eigenvalue weighted by Crippen LogP contribution is 2.39. The zero-order valence-electron chi connectivity index (χ0n) is 12.0. The first-order valence-electron chi connectivity index (χ1n) is 6.97. The molecule has 2 aromatic carbocycles. The van der Waals surface area contributed by atoms with Crippen molar-refractivity contribution < 1.29 is 9.72 Å². The predicted octanol–water partition coefficient (Wildman–Crippen LogP) is 4.14. The molecule has 3 rings (SSSR count). The van der Waals surface area contributed by atoms with Crippen LogP contribution in [0, 0.1) is 10.1 Å². The molecule has 0 aromatic heterocycles. The third-order valence-corrected chi connectivity index (χ3v) is 4.48. The first-order valence-corrected chi connectivity index (χ1v) is 8.14. The van der Waals surface area contributed by atoms with Crippen LogP contribution in [0.5, 0.6) is 0 Å². The summed E-state index contributed by atoms with van der Waals surface area (Å²) >= 11 is 9.12. The maximum atomic E-state index is 12.6. The van der Waals surface area contributed by atoms with E-state index in [4.69, 9.17) is 11.6 Å². The molecule has 0 saturated heterocycles. The van der Waals surface area contributed by atoms with Crippen molar-refractivity contribution >= 4 is 44.8 Å². The molecule has 0 aliphatic carbocycles. The Balaban J connectivity index is 1.91. The van der Waals surface area contributed by atoms with Gasteiger partial charge >= 0.3 is 0 Å². The number of carbonyl (C=O) groups is 1. The highest BCUT2D eigenvalue weighted by molar-refractivity contribution is 9.10. The second-order valence-corrected chi connectivity index (χ2v) is 6.64. The van der Waals surface area contributed by atoms with Crippen molar-refractivity contribution in [3.63, 3.8) is 0 Å². The molecular formula is C16H12BrClN2O3. The minimum absolute atomic E-state index is 0.0451. The standard InChI is InChI=1S/C16H12BrClN2O3/c17-12-8-11-5-6-19(16(11)14(9-12)20(22)23)15(21)7-10-1-3-13(18)4-2-10/h1-4,8-9H,5-7H2. The zero-order chi connectivity index (χ0) is 16.6. The van der Waals surface area contributed by atoms with Gasteiger partial charge in [0.2, 0.25) is 5.91 Å². The molecule has 0 N–H and O–H groups in total. The first-order chi connectivity index (χ1) is 11.0. The molecule has 0 fully saturated rings. The van der Waals surface area contributed by atoms with Crippen molar-refractivity contribution in [3.8, 4) is 0 Å². The number of nitrogens with zero attached hydrogens (tertiary/aromatic N) is 2. The lowest BCUT2D eigenvalue weighted by Gasteiger charge is -2.17. The van der Waals surface area contributed by atoms with Crippen LogP contribution in [0.25, 0.3) is 0 Å². The van der Waals surface area contributed by atoms with Crippen LogP contribution in [0.4, 0.5) is 11.4 Å². The van der Waals surface area contributed by atoms with Gasteiger partial charge in [-0.15, -0.1) is 0 Å². The molecule has 2 aromatic rings. The number of nitro benzene ring substituents is 1. The average molecular weight is 396 g/mol. The van der Waals surface area contributed by atoms with Crippen molar-refractivity contribution in [2.24, 2.45) is 0 Å². The van der Waals surface area contributed by atoms with Crippen LogP contribution in [-0.4, -0.2) is 17.4 Å². The summed E-state index contributed by atoms with van der Waals surface area (Å²) in [6.45, 7) is 0.457. The predicted molar refractivity (Wildman–Crippen MR) is 92.0 cm³/mol. The summed E-state index contributed by atoms with van der Waals surface area (Å²) < 4.78 is 0.648. The number of benzene rings is 2. The molecule has 1 heterocycles. The van der Waals surface area contributed by atoms with Gasteiger partial charge in [0.1, 0.15) is 5.69 Å². The molecule has 118 valence electrons. The maximum absolute atomic E-state index is 12.6. The molecule has 7 heteroatoms. The zero-order valence-corrected chi connectivity index (χ0v) is 14.3. The average Bonchev–Trinajstić information content (AvgIpc) is 2.92. The smallest absolute Gasteiger partial charge is 0.294 e. The number of amides is 1. The van der Waals surface area contributed by atoms with E-state index in [0.29, 0.717) is 28.1 Å². The van der Waals surface area contributed by atoms with Gasteiger partial charge in [0, 0.05) is 22.1 Å². The van der Waals surface area contributed by atoms with E-state index in [2.05, 4.69) is 15.9 Å². The minimum atomic E-state index is -0.447. The lowest BCUT2D eigenvalue weighted by Crippen LogP contribution is -2.30. The number of nitro groups is 1. The Hall–Kier alpha value is -1.92. The van der Waals surface area contributed by atoms with Crippen molar-refractivity contribution in [3.05, 3.63) is 67.1 Å². The molecule has 1 aliphatic rings. The fourth-order valence-corrected chi connectivity index (χ4v) is 3.37. The largest absolute Gasteiger partial charge is 0.306 e. The molecule has 0 saturated carbocycles. The third kappa shape index (κ3) is 3.23. The number of carbonyl (C=O) groups excluding carboxylic acids is 1. The van der Waals surface area contributed by atoms with Crippen LogP contribution >= 0.6 is 27.5 Å². The van der Waals surface area contributed by atoms with Crippen LogP contribution in [0.15, 0.2) is 40.9 Å². The van der Waals surface area contributed by atoms with Gasteiger partial charge in [0.25, 0.3) is 5.69 Å². The first kappa shape index (κ1) is 16.0. The summed E-state index contributed by atoms with van der Waals surface area (Å²) in [6, 6.07) is 10.3. The van der Waals surface area contributed by atoms with Crippen LogP contribution < -0.4 is 4.90 Å². The normalized spacial score (nSPS) is 13.0. The SMILES string of the molecule is O=C(Cc1ccc(Cl)cc1)N1CCc2cc(Br)cc([N+](=O)[O-])c21. The Labute approximate surface area is 146 Å². The summed E-state index contributed by atoms with van der Waals surface area (Å²) in [5, 5.41) is 11.9. The summed E-state index contributed by atoms with van der Waals surface area (Å²) in [5.74, 6) is -0.156. The number of fused-ring (bicyclic) bond motifs is 1. The van der Waals surface area contributed by atoms with E-state index in [-0.39, 0.29) is 18.0 Å². The third-order valence-electron chi connectivity index (χ3n) is 3.77. The maximum Gasteiger partial charge on any atom is 0.294 e. The number of hydrogen-bond acceptors (Lipinski definition) is 3.